The van der Waals surface area contributed by atoms with E-state index in [1.54, 1.807) is 0 Å². The summed E-state index contributed by atoms with van der Waals surface area (Å²) in [5.74, 6) is 0.211. The summed E-state index contributed by atoms with van der Waals surface area (Å²) in [6.07, 6.45) is 3.58. The van der Waals surface area contributed by atoms with Gasteiger partial charge in [-0.3, -0.25) is 4.79 Å². The van der Waals surface area contributed by atoms with Crippen molar-refractivity contribution in [2.24, 2.45) is 0 Å². The van der Waals surface area contributed by atoms with Crippen molar-refractivity contribution in [2.45, 2.75) is 45.8 Å². The summed E-state index contributed by atoms with van der Waals surface area (Å²) in [6, 6.07) is 10.5. The van der Waals surface area contributed by atoms with Gasteiger partial charge in [-0.15, -0.1) is 0 Å². The number of carbonyl (C=O) groups is 1. The minimum absolute atomic E-state index is 0.211. The van der Waals surface area contributed by atoms with E-state index in [0.717, 1.165) is 55.9 Å². The van der Waals surface area contributed by atoms with Crippen LogP contribution < -0.4 is 4.90 Å². The highest BCUT2D eigenvalue weighted by Gasteiger charge is 2.24. The topological polar surface area (TPSA) is 34.5 Å². The van der Waals surface area contributed by atoms with Gasteiger partial charge in [-0.2, -0.15) is 0 Å². The third-order valence-corrected chi connectivity index (χ3v) is 5.60. The van der Waals surface area contributed by atoms with Crippen LogP contribution in [0.1, 0.15) is 40.2 Å². The highest BCUT2D eigenvalue weighted by atomic mass is 16.5. The Morgan fingerprint density at radius 1 is 1.28 bits per heavy atom. The number of benzene rings is 1. The molecule has 1 saturated heterocycles. The van der Waals surface area contributed by atoms with Crippen molar-refractivity contribution in [3.63, 3.8) is 0 Å². The van der Waals surface area contributed by atoms with Crippen LogP contribution in [0.2, 0.25) is 0 Å². The van der Waals surface area contributed by atoms with Crippen LogP contribution in [0.25, 0.3) is 0 Å². The molecule has 1 fully saturated rings. The van der Waals surface area contributed by atoms with E-state index >= 15 is 0 Å². The summed E-state index contributed by atoms with van der Waals surface area (Å²) in [7, 11) is 0. The zero-order valence-corrected chi connectivity index (χ0v) is 15.1. The molecule has 25 heavy (non-hydrogen) atoms. The minimum Gasteiger partial charge on any atom is -0.376 e. The summed E-state index contributed by atoms with van der Waals surface area (Å²) in [6.45, 7) is 7.26. The number of fused-ring (bicyclic) bond motifs is 1. The largest absolute Gasteiger partial charge is 0.376 e. The molecule has 1 atom stereocenters. The van der Waals surface area contributed by atoms with Crippen molar-refractivity contribution in [2.75, 3.05) is 24.6 Å². The minimum atomic E-state index is 0.211. The zero-order valence-electron chi connectivity index (χ0n) is 15.1. The lowest BCUT2D eigenvalue weighted by Gasteiger charge is -2.18. The van der Waals surface area contributed by atoms with Gasteiger partial charge in [0.05, 0.1) is 12.6 Å². The second-order valence-electron chi connectivity index (χ2n) is 7.25. The number of carbonyl (C=O) groups excluding carboxylic acids is 1. The molecule has 0 radical (unpaired) electrons. The molecule has 2 aromatic rings. The molecule has 4 heteroatoms. The number of hydrogen-bond acceptors (Lipinski definition) is 3. The smallest absolute Gasteiger partial charge is 0.183 e. The van der Waals surface area contributed by atoms with Crippen LogP contribution in [-0.4, -0.2) is 36.2 Å². The van der Waals surface area contributed by atoms with Gasteiger partial charge < -0.3 is 14.2 Å². The van der Waals surface area contributed by atoms with E-state index in [0.29, 0.717) is 12.6 Å². The molecule has 4 nitrogen and oxygen atoms in total. The summed E-state index contributed by atoms with van der Waals surface area (Å²) in [5.41, 5.74) is 5.65. The number of hydrogen-bond donors (Lipinski definition) is 0. The van der Waals surface area contributed by atoms with E-state index in [9.17, 15) is 4.79 Å². The van der Waals surface area contributed by atoms with Crippen LogP contribution in [0.4, 0.5) is 5.69 Å². The number of ketones is 1. The Labute approximate surface area is 149 Å². The fourth-order valence-electron chi connectivity index (χ4n) is 4.19. The quantitative estimate of drug-likeness (QED) is 0.782. The third-order valence-electron chi connectivity index (χ3n) is 5.60. The molecular formula is C21H26N2O2. The van der Waals surface area contributed by atoms with E-state index < -0.39 is 0 Å². The molecule has 0 spiro atoms. The second-order valence-corrected chi connectivity index (χ2v) is 7.25. The average molecular weight is 338 g/mol. The SMILES string of the molecule is Cc1cc(C(=O)CN2CCc3ccccc32)c(C)n1C[C@H]1CCCO1. The molecule has 1 aromatic heterocycles. The lowest BCUT2D eigenvalue weighted by Crippen LogP contribution is -2.28. The Morgan fingerprint density at radius 2 is 2.12 bits per heavy atom. The number of aromatic nitrogens is 1. The molecule has 0 unspecified atom stereocenters. The molecule has 132 valence electrons. The van der Waals surface area contributed by atoms with Crippen LogP contribution in [0.3, 0.4) is 0 Å². The van der Waals surface area contributed by atoms with E-state index in [2.05, 4.69) is 53.6 Å². The first-order chi connectivity index (χ1) is 12.1. The Morgan fingerprint density at radius 3 is 2.92 bits per heavy atom. The van der Waals surface area contributed by atoms with Gasteiger partial charge in [0.1, 0.15) is 0 Å². The van der Waals surface area contributed by atoms with Crippen molar-refractivity contribution in [1.82, 2.24) is 4.57 Å². The first-order valence-electron chi connectivity index (χ1n) is 9.28. The number of Topliss-reactive ketones (excluding diaryl/α,β-unsaturated/α-hetero) is 1. The van der Waals surface area contributed by atoms with Crippen LogP contribution >= 0.6 is 0 Å². The Bertz CT molecular complexity index is 787. The van der Waals surface area contributed by atoms with Crippen molar-refractivity contribution >= 4 is 11.5 Å². The molecule has 0 amide bonds. The average Bonchev–Trinajstić information content (AvgIpc) is 3.32. The summed E-state index contributed by atoms with van der Waals surface area (Å²) >= 11 is 0. The van der Waals surface area contributed by atoms with Crippen LogP contribution in [0.5, 0.6) is 0 Å². The molecule has 0 saturated carbocycles. The predicted octanol–water partition coefficient (Wildman–Crippen LogP) is 3.53. The lowest BCUT2D eigenvalue weighted by atomic mass is 10.1. The fourth-order valence-corrected chi connectivity index (χ4v) is 4.19. The van der Waals surface area contributed by atoms with Gasteiger partial charge in [0.15, 0.2) is 5.78 Å². The Balaban J connectivity index is 1.51. The summed E-state index contributed by atoms with van der Waals surface area (Å²) < 4.78 is 8.02. The molecule has 2 aliphatic heterocycles. The number of ether oxygens (including phenoxy) is 1. The van der Waals surface area contributed by atoms with Crippen LogP contribution in [0, 0.1) is 13.8 Å². The number of aryl methyl sites for hydroxylation is 1. The van der Waals surface area contributed by atoms with Gasteiger partial charge >= 0.3 is 0 Å². The second kappa shape index (κ2) is 6.68. The van der Waals surface area contributed by atoms with E-state index in [1.807, 2.05) is 0 Å². The van der Waals surface area contributed by atoms with Crippen LogP contribution in [-0.2, 0) is 17.7 Å². The van der Waals surface area contributed by atoms with Gasteiger partial charge in [0.2, 0.25) is 0 Å². The number of nitrogens with zero attached hydrogens (tertiary/aromatic N) is 2. The van der Waals surface area contributed by atoms with Crippen molar-refractivity contribution < 1.29 is 9.53 Å². The highest BCUT2D eigenvalue weighted by molar-refractivity contribution is 6.00. The first kappa shape index (κ1) is 16.4. The fraction of sp³-hybridized carbons (Fsp3) is 0.476. The van der Waals surface area contributed by atoms with Gasteiger partial charge in [-0.05, 0) is 50.8 Å². The number of para-hydroxylation sites is 1. The molecular weight excluding hydrogens is 312 g/mol. The van der Waals surface area contributed by atoms with E-state index in [-0.39, 0.29) is 5.78 Å². The van der Waals surface area contributed by atoms with Crippen molar-refractivity contribution in [3.05, 3.63) is 52.8 Å². The van der Waals surface area contributed by atoms with Gasteiger partial charge in [0.25, 0.3) is 0 Å². The number of anilines is 1. The van der Waals surface area contributed by atoms with Crippen LogP contribution in [0.15, 0.2) is 30.3 Å². The highest BCUT2D eigenvalue weighted by Crippen LogP contribution is 2.28. The molecule has 0 bridgehead atoms. The maximum atomic E-state index is 12.9. The molecule has 4 rings (SSSR count). The van der Waals surface area contributed by atoms with Crippen molar-refractivity contribution in [1.29, 1.82) is 0 Å². The van der Waals surface area contributed by atoms with Crippen molar-refractivity contribution in [3.8, 4) is 0 Å². The first-order valence-corrected chi connectivity index (χ1v) is 9.28. The summed E-state index contributed by atoms with van der Waals surface area (Å²) in [5, 5.41) is 0. The Hall–Kier alpha value is -2.07. The normalized spacial score (nSPS) is 19.4. The lowest BCUT2D eigenvalue weighted by molar-refractivity contribution is 0.0955. The standard InChI is InChI=1S/C21H26N2O2/c1-15-12-19(16(2)23(15)13-18-7-5-11-25-18)21(24)14-22-10-9-17-6-3-4-8-20(17)22/h3-4,6,8,12,18H,5,7,9-11,13-14H2,1-2H3/t18-/m1/s1. The Kier molecular flexibility index (Phi) is 4.38. The van der Waals surface area contributed by atoms with E-state index in [1.165, 1.54) is 11.3 Å². The number of rotatable bonds is 5. The van der Waals surface area contributed by atoms with E-state index in [4.69, 9.17) is 4.74 Å². The van der Waals surface area contributed by atoms with Gasteiger partial charge in [-0.1, -0.05) is 18.2 Å². The molecule has 0 aliphatic carbocycles. The molecule has 2 aliphatic rings. The van der Waals surface area contributed by atoms with Gasteiger partial charge in [0, 0.05) is 42.3 Å². The molecule has 3 heterocycles. The summed E-state index contributed by atoms with van der Waals surface area (Å²) in [4.78, 5) is 15.2. The third kappa shape index (κ3) is 3.11. The zero-order chi connectivity index (χ0) is 17.4. The molecule has 0 N–H and O–H groups in total. The predicted molar refractivity (Wildman–Crippen MR) is 99.6 cm³/mol. The van der Waals surface area contributed by atoms with Gasteiger partial charge in [-0.25, -0.2) is 0 Å². The monoisotopic (exact) mass is 338 g/mol. The maximum absolute atomic E-state index is 12.9. The molecule has 1 aromatic carbocycles. The maximum Gasteiger partial charge on any atom is 0.183 e.